The first-order valence-corrected chi connectivity index (χ1v) is 12.0. The minimum atomic E-state index is -0.481. The number of hydrogen-bond acceptors (Lipinski definition) is 6. The van der Waals surface area contributed by atoms with Crippen LogP contribution in [-0.4, -0.2) is 64.7 Å². The number of nitrogens with one attached hydrogen (secondary N) is 1. The minimum Gasteiger partial charge on any atom is -0.444 e. The highest BCUT2D eigenvalue weighted by molar-refractivity contribution is 7.92. The highest BCUT2D eigenvalue weighted by Gasteiger charge is 2.29. The number of nitrogens with zero attached hydrogens (tertiary/aromatic N) is 3. The smallest absolute Gasteiger partial charge is 0.410 e. The Morgan fingerprint density at radius 3 is 2.42 bits per heavy atom. The summed E-state index contributed by atoms with van der Waals surface area (Å²) >= 11 is 0.104. The van der Waals surface area contributed by atoms with Gasteiger partial charge in [0.1, 0.15) is 5.60 Å². The molecule has 180 valence electrons. The molecule has 0 unspecified atom stereocenters. The van der Waals surface area contributed by atoms with Gasteiger partial charge in [-0.1, -0.05) is 20.8 Å². The number of piperidine rings is 1. The van der Waals surface area contributed by atoms with Gasteiger partial charge in [-0.15, -0.1) is 3.89 Å². The van der Waals surface area contributed by atoms with Gasteiger partial charge < -0.3 is 19.7 Å². The summed E-state index contributed by atoms with van der Waals surface area (Å²) in [5.74, 6) is 0.134. The molecule has 1 aliphatic rings. The number of aryl methyl sites for hydroxylation is 1. The molecule has 1 amide bonds. The molecule has 31 heavy (non-hydrogen) atoms. The highest BCUT2D eigenvalue weighted by atomic mass is 32.2. The van der Waals surface area contributed by atoms with Crippen molar-refractivity contribution in [1.82, 2.24) is 19.4 Å². The summed E-state index contributed by atoms with van der Waals surface area (Å²) in [6.07, 6.45) is 4.02. The second-order valence-electron chi connectivity index (χ2n) is 8.58. The first-order chi connectivity index (χ1) is 14.7. The predicted octanol–water partition coefficient (Wildman–Crippen LogP) is 5.10. The van der Waals surface area contributed by atoms with Crippen LogP contribution in [0.3, 0.4) is 0 Å². The summed E-state index contributed by atoms with van der Waals surface area (Å²) in [7, 11) is 1.91. The number of carbonyl (C=O) groups is 1. The van der Waals surface area contributed by atoms with E-state index in [-0.39, 0.29) is 36.5 Å². The Balaban J connectivity index is 0.00000233. The zero-order valence-electron chi connectivity index (χ0n) is 20.4. The molecule has 1 N–H and O–H groups in total. The summed E-state index contributed by atoms with van der Waals surface area (Å²) in [5, 5.41) is 7.71. The number of hydrogen-bond donors (Lipinski definition) is 1. The standard InChI is InChI=1S/C20H35FN4O3S.C2H6/c1-7-16(18-14(2)12-25(23-18)29-21)17(22-6)13-27-15-8-10-24(11-9-15)19(26)28-20(3,4)5;1-2/h12,15-17,22H,7-11,13H2,1-6H3;1-2H3/t16-,17-;/m0./s1. The van der Waals surface area contributed by atoms with Crippen LogP contribution in [0.2, 0.25) is 0 Å². The zero-order chi connectivity index (χ0) is 23.6. The Bertz CT molecular complexity index is 658. The molecule has 9 heteroatoms. The third kappa shape index (κ3) is 8.61. The van der Waals surface area contributed by atoms with Crippen LogP contribution in [0.15, 0.2) is 6.20 Å². The summed E-state index contributed by atoms with van der Waals surface area (Å²) in [6, 6.07) is 0.0792. The molecule has 1 aromatic heterocycles. The minimum absolute atomic E-state index is 0.0792. The average Bonchev–Trinajstić information content (AvgIpc) is 3.12. The van der Waals surface area contributed by atoms with E-state index in [4.69, 9.17) is 9.47 Å². The van der Waals surface area contributed by atoms with Crippen molar-refractivity contribution < 1.29 is 18.2 Å². The Kier molecular flexibility index (Phi) is 11.9. The number of halogens is 1. The van der Waals surface area contributed by atoms with E-state index in [1.165, 1.54) is 4.09 Å². The molecule has 7 nitrogen and oxygen atoms in total. The van der Waals surface area contributed by atoms with Gasteiger partial charge in [0, 0.05) is 31.2 Å². The van der Waals surface area contributed by atoms with E-state index in [0.717, 1.165) is 30.5 Å². The molecule has 0 bridgehead atoms. The van der Waals surface area contributed by atoms with Crippen molar-refractivity contribution >= 4 is 18.4 Å². The largest absolute Gasteiger partial charge is 0.444 e. The molecule has 0 spiro atoms. The van der Waals surface area contributed by atoms with Crippen molar-refractivity contribution in [3.8, 4) is 0 Å². The van der Waals surface area contributed by atoms with E-state index in [9.17, 15) is 8.68 Å². The topological polar surface area (TPSA) is 68.6 Å². The number of amides is 1. The lowest BCUT2D eigenvalue weighted by Gasteiger charge is -2.34. The van der Waals surface area contributed by atoms with Gasteiger partial charge in [0.05, 0.1) is 18.4 Å². The molecule has 1 aromatic rings. The molecule has 0 aliphatic carbocycles. The first kappa shape index (κ1) is 27.7. The molecule has 2 heterocycles. The lowest BCUT2D eigenvalue weighted by atomic mass is 9.92. The lowest BCUT2D eigenvalue weighted by molar-refractivity contribution is -0.0182. The molecule has 0 aromatic carbocycles. The van der Waals surface area contributed by atoms with E-state index >= 15 is 0 Å². The van der Waals surface area contributed by atoms with Gasteiger partial charge in [-0.2, -0.15) is 9.19 Å². The number of ether oxygens (including phenoxy) is 2. The molecule has 0 saturated carbocycles. The molecule has 1 saturated heterocycles. The Labute approximate surface area is 191 Å². The van der Waals surface area contributed by atoms with Crippen LogP contribution in [0.5, 0.6) is 0 Å². The molecular weight excluding hydrogens is 419 g/mol. The fraction of sp³-hybridized carbons (Fsp3) is 0.818. The third-order valence-corrected chi connectivity index (χ3v) is 5.57. The molecule has 2 atom stereocenters. The van der Waals surface area contributed by atoms with Gasteiger partial charge in [0.2, 0.25) is 0 Å². The van der Waals surface area contributed by atoms with Crippen molar-refractivity contribution in [1.29, 1.82) is 0 Å². The van der Waals surface area contributed by atoms with Gasteiger partial charge in [-0.25, -0.2) is 4.79 Å². The number of likely N-dealkylation sites (N-methyl/N-ethyl adjacent to an activating group) is 1. The normalized spacial score (nSPS) is 17.0. The van der Waals surface area contributed by atoms with Crippen LogP contribution in [0, 0.1) is 6.92 Å². The molecule has 2 rings (SSSR count). The summed E-state index contributed by atoms with van der Waals surface area (Å²) < 4.78 is 25.8. The van der Waals surface area contributed by atoms with Crippen molar-refractivity contribution in [2.75, 3.05) is 26.7 Å². The van der Waals surface area contributed by atoms with Crippen molar-refractivity contribution in [2.45, 2.75) is 91.4 Å². The predicted molar refractivity (Wildman–Crippen MR) is 125 cm³/mol. The fourth-order valence-corrected chi connectivity index (χ4v) is 4.00. The van der Waals surface area contributed by atoms with E-state index < -0.39 is 5.60 Å². The Morgan fingerprint density at radius 2 is 1.97 bits per heavy atom. The van der Waals surface area contributed by atoms with Gasteiger partial charge in [-0.3, -0.25) is 0 Å². The maximum absolute atomic E-state index is 12.9. The molecular formula is C22H41FN4O3S. The van der Waals surface area contributed by atoms with Gasteiger partial charge in [0.15, 0.2) is 12.3 Å². The van der Waals surface area contributed by atoms with Gasteiger partial charge in [0.25, 0.3) is 0 Å². The fourth-order valence-electron chi connectivity index (χ4n) is 3.69. The van der Waals surface area contributed by atoms with Gasteiger partial charge in [-0.05, 0) is 59.6 Å². The van der Waals surface area contributed by atoms with Crippen LogP contribution < -0.4 is 5.32 Å². The van der Waals surface area contributed by atoms with Crippen molar-refractivity contribution in [3.63, 3.8) is 0 Å². The second-order valence-corrected chi connectivity index (χ2v) is 9.09. The van der Waals surface area contributed by atoms with Crippen LogP contribution in [0.1, 0.15) is 78.0 Å². The van der Waals surface area contributed by atoms with Crippen molar-refractivity contribution in [2.24, 2.45) is 0 Å². The Morgan fingerprint density at radius 1 is 1.35 bits per heavy atom. The zero-order valence-corrected chi connectivity index (χ0v) is 21.2. The monoisotopic (exact) mass is 460 g/mol. The Hall–Kier alpha value is -1.32. The quantitative estimate of drug-likeness (QED) is 0.582. The van der Waals surface area contributed by atoms with E-state index in [1.807, 2.05) is 48.6 Å². The van der Waals surface area contributed by atoms with Crippen LogP contribution in [0.4, 0.5) is 8.68 Å². The summed E-state index contributed by atoms with van der Waals surface area (Å²) in [4.78, 5) is 13.9. The maximum Gasteiger partial charge on any atom is 0.410 e. The van der Waals surface area contributed by atoms with Crippen molar-refractivity contribution in [3.05, 3.63) is 17.5 Å². The number of likely N-dealkylation sites (tertiary alicyclic amines) is 1. The highest BCUT2D eigenvalue weighted by Crippen LogP contribution is 2.27. The second kappa shape index (κ2) is 13.3. The number of aromatic nitrogens is 2. The summed E-state index contributed by atoms with van der Waals surface area (Å²) in [6.45, 7) is 15.5. The summed E-state index contributed by atoms with van der Waals surface area (Å²) in [5.41, 5.74) is 1.40. The van der Waals surface area contributed by atoms with Crippen LogP contribution in [-0.2, 0) is 9.47 Å². The van der Waals surface area contributed by atoms with Gasteiger partial charge >= 0.3 is 6.09 Å². The third-order valence-electron chi connectivity index (χ3n) is 5.24. The SMILES string of the molecule is CC.CC[C@H](c1nn(SF)cc1C)[C@H](COC1CCN(C(=O)OC(C)(C)C)CC1)NC. The average molecular weight is 461 g/mol. The molecule has 1 aliphatic heterocycles. The molecule has 1 fully saturated rings. The maximum atomic E-state index is 12.9. The van der Waals surface area contributed by atoms with Crippen LogP contribution in [0.25, 0.3) is 0 Å². The van der Waals surface area contributed by atoms with E-state index in [1.54, 1.807) is 11.1 Å². The molecule has 0 radical (unpaired) electrons. The number of carbonyl (C=O) groups excluding carboxylic acids is 1. The van der Waals surface area contributed by atoms with E-state index in [2.05, 4.69) is 17.3 Å². The van der Waals surface area contributed by atoms with Crippen LogP contribution >= 0.6 is 12.3 Å². The number of rotatable bonds is 8. The first-order valence-electron chi connectivity index (χ1n) is 11.3. The lowest BCUT2D eigenvalue weighted by Crippen LogP contribution is -2.44. The van der Waals surface area contributed by atoms with E-state index in [0.29, 0.717) is 19.7 Å².